The van der Waals surface area contributed by atoms with Crippen LogP contribution in [0, 0.1) is 5.92 Å². The molecular formula is C35H37F3N2O3. The normalized spacial score (nSPS) is 18.2. The number of alkyl halides is 3. The van der Waals surface area contributed by atoms with Crippen LogP contribution in [0.4, 0.5) is 13.2 Å². The molecule has 1 aliphatic rings. The highest BCUT2D eigenvalue weighted by Crippen LogP contribution is 2.37. The summed E-state index contributed by atoms with van der Waals surface area (Å²) in [6.07, 6.45) is 5.25. The van der Waals surface area contributed by atoms with E-state index >= 15 is 0 Å². The van der Waals surface area contributed by atoms with Gasteiger partial charge in [-0.2, -0.15) is 13.2 Å². The van der Waals surface area contributed by atoms with Crippen LogP contribution in [0.5, 0.6) is 5.75 Å². The number of aromatic hydroxyl groups is 1. The van der Waals surface area contributed by atoms with E-state index in [0.29, 0.717) is 24.0 Å². The molecule has 2 atom stereocenters. The second kappa shape index (κ2) is 14.2. The molecule has 3 N–H and O–H groups in total. The maximum absolute atomic E-state index is 13.1. The zero-order valence-electron chi connectivity index (χ0n) is 24.4. The van der Waals surface area contributed by atoms with Crippen LogP contribution in [0.15, 0.2) is 72.8 Å². The quantitative estimate of drug-likeness (QED) is 0.285. The Hall–Kier alpha value is -4.33. The Balaban J connectivity index is 1.40. The van der Waals surface area contributed by atoms with E-state index in [4.69, 9.17) is 0 Å². The van der Waals surface area contributed by atoms with Crippen molar-refractivity contribution in [3.8, 4) is 16.9 Å². The van der Waals surface area contributed by atoms with Crippen molar-refractivity contribution in [3.63, 3.8) is 0 Å². The van der Waals surface area contributed by atoms with Crippen molar-refractivity contribution in [1.82, 2.24) is 10.6 Å². The van der Waals surface area contributed by atoms with Crippen LogP contribution in [0.25, 0.3) is 23.3 Å². The number of nitrogens with one attached hydrogen (secondary N) is 2. The lowest BCUT2D eigenvalue weighted by Gasteiger charge is -2.31. The Morgan fingerprint density at radius 2 is 1.74 bits per heavy atom. The Bertz CT molecular complexity index is 1590. The molecular weight excluding hydrogens is 553 g/mol. The molecule has 5 nitrogen and oxygen atoms in total. The molecule has 8 heteroatoms. The largest absolute Gasteiger partial charge is 0.507 e. The molecule has 43 heavy (non-hydrogen) atoms. The SMILES string of the molecule is C\C=C/C=c1/cc(-c2cccc(C(=O)NCc3ccc(C(=O)NC4CCCC(C(F)(F)F)C4)cc3)c2)cc(O)/c1=C\CC. The van der Waals surface area contributed by atoms with E-state index in [1.54, 1.807) is 48.5 Å². The number of phenolic OH excluding ortho intramolecular Hbond substituents is 1. The van der Waals surface area contributed by atoms with Crippen molar-refractivity contribution in [2.24, 2.45) is 5.92 Å². The first-order valence-electron chi connectivity index (χ1n) is 14.6. The number of carbonyl (C=O) groups is 2. The van der Waals surface area contributed by atoms with E-state index in [-0.39, 0.29) is 31.0 Å². The number of allylic oxidation sites excluding steroid dienone is 2. The highest BCUT2D eigenvalue weighted by Gasteiger charge is 2.42. The van der Waals surface area contributed by atoms with Gasteiger partial charge < -0.3 is 15.7 Å². The third kappa shape index (κ3) is 8.37. The van der Waals surface area contributed by atoms with Gasteiger partial charge in [0.1, 0.15) is 5.75 Å². The van der Waals surface area contributed by atoms with Gasteiger partial charge in [0.05, 0.1) is 5.92 Å². The number of benzene rings is 3. The molecule has 2 unspecified atom stereocenters. The smallest absolute Gasteiger partial charge is 0.391 e. The lowest BCUT2D eigenvalue weighted by atomic mass is 9.85. The molecule has 4 rings (SSSR count). The molecule has 226 valence electrons. The molecule has 1 fully saturated rings. The Morgan fingerprint density at radius 1 is 0.977 bits per heavy atom. The van der Waals surface area contributed by atoms with Crippen LogP contribution in [-0.4, -0.2) is 29.1 Å². The number of hydrogen-bond donors (Lipinski definition) is 3. The summed E-state index contributed by atoms with van der Waals surface area (Å²) in [5.41, 5.74) is 3.16. The van der Waals surface area contributed by atoms with Gasteiger partial charge in [-0.15, -0.1) is 0 Å². The molecule has 0 aromatic heterocycles. The first-order valence-corrected chi connectivity index (χ1v) is 14.6. The summed E-state index contributed by atoms with van der Waals surface area (Å²) in [7, 11) is 0. The number of rotatable bonds is 8. The topological polar surface area (TPSA) is 78.4 Å². The summed E-state index contributed by atoms with van der Waals surface area (Å²) in [4.78, 5) is 25.6. The number of amides is 2. The van der Waals surface area contributed by atoms with E-state index in [0.717, 1.165) is 33.5 Å². The summed E-state index contributed by atoms with van der Waals surface area (Å²) < 4.78 is 39.3. The zero-order valence-corrected chi connectivity index (χ0v) is 24.4. The predicted molar refractivity (Wildman–Crippen MR) is 164 cm³/mol. The van der Waals surface area contributed by atoms with Gasteiger partial charge in [-0.25, -0.2) is 0 Å². The molecule has 0 saturated heterocycles. The number of hydrogen-bond acceptors (Lipinski definition) is 3. The monoisotopic (exact) mass is 590 g/mol. The fourth-order valence-corrected chi connectivity index (χ4v) is 5.38. The number of halogens is 3. The predicted octanol–water partition coefficient (Wildman–Crippen LogP) is 6.39. The molecule has 0 spiro atoms. The van der Waals surface area contributed by atoms with E-state index < -0.39 is 24.0 Å². The van der Waals surface area contributed by atoms with Crippen LogP contribution >= 0.6 is 0 Å². The fourth-order valence-electron chi connectivity index (χ4n) is 5.38. The summed E-state index contributed by atoms with van der Waals surface area (Å²) >= 11 is 0. The molecule has 0 aliphatic heterocycles. The van der Waals surface area contributed by atoms with Gasteiger partial charge in [-0.3, -0.25) is 9.59 Å². The minimum absolute atomic E-state index is 0.0969. The Kier molecular flexibility index (Phi) is 10.5. The van der Waals surface area contributed by atoms with Crippen LogP contribution in [0.3, 0.4) is 0 Å². The average molecular weight is 591 g/mol. The molecule has 2 amide bonds. The molecule has 0 heterocycles. The first-order chi connectivity index (χ1) is 20.6. The molecule has 3 aromatic rings. The minimum atomic E-state index is -4.24. The van der Waals surface area contributed by atoms with E-state index in [1.807, 2.05) is 50.3 Å². The van der Waals surface area contributed by atoms with Crippen molar-refractivity contribution in [2.75, 3.05) is 0 Å². The summed E-state index contributed by atoms with van der Waals surface area (Å²) in [6, 6.07) is 17.0. The zero-order chi connectivity index (χ0) is 31.0. The Morgan fingerprint density at radius 3 is 2.44 bits per heavy atom. The van der Waals surface area contributed by atoms with Gasteiger partial charge in [0.25, 0.3) is 11.8 Å². The minimum Gasteiger partial charge on any atom is -0.507 e. The van der Waals surface area contributed by atoms with Crippen LogP contribution in [-0.2, 0) is 6.54 Å². The summed E-state index contributed by atoms with van der Waals surface area (Å²) in [5, 5.41) is 18.0. The summed E-state index contributed by atoms with van der Waals surface area (Å²) in [5.74, 6) is -1.89. The molecule has 1 aliphatic carbocycles. The molecule has 1 saturated carbocycles. The maximum Gasteiger partial charge on any atom is 0.391 e. The van der Waals surface area contributed by atoms with Gasteiger partial charge >= 0.3 is 6.18 Å². The lowest BCUT2D eigenvalue weighted by molar-refractivity contribution is -0.183. The van der Waals surface area contributed by atoms with E-state index in [2.05, 4.69) is 10.6 Å². The van der Waals surface area contributed by atoms with Crippen molar-refractivity contribution in [3.05, 3.63) is 99.9 Å². The van der Waals surface area contributed by atoms with Gasteiger partial charge in [-0.05, 0) is 90.9 Å². The van der Waals surface area contributed by atoms with Crippen molar-refractivity contribution >= 4 is 24.0 Å². The van der Waals surface area contributed by atoms with Gasteiger partial charge in [0.2, 0.25) is 0 Å². The Labute approximate surface area is 249 Å². The number of phenols is 1. The third-order valence-electron chi connectivity index (χ3n) is 7.67. The second-order valence-corrected chi connectivity index (χ2v) is 10.8. The average Bonchev–Trinajstić information content (AvgIpc) is 3.00. The maximum atomic E-state index is 13.1. The first kappa shape index (κ1) is 31.6. The van der Waals surface area contributed by atoms with Gasteiger partial charge in [0, 0.05) is 28.9 Å². The molecule has 3 aromatic carbocycles. The second-order valence-electron chi connectivity index (χ2n) is 10.8. The highest BCUT2D eigenvalue weighted by atomic mass is 19.4. The third-order valence-corrected chi connectivity index (χ3v) is 7.67. The van der Waals surface area contributed by atoms with Crippen LogP contribution in [0.1, 0.15) is 72.2 Å². The van der Waals surface area contributed by atoms with E-state index in [9.17, 15) is 27.9 Å². The molecule has 0 bridgehead atoms. The van der Waals surface area contributed by atoms with Crippen molar-refractivity contribution < 1.29 is 27.9 Å². The van der Waals surface area contributed by atoms with Crippen LogP contribution in [0.2, 0.25) is 0 Å². The van der Waals surface area contributed by atoms with Gasteiger partial charge in [-0.1, -0.05) is 61.9 Å². The van der Waals surface area contributed by atoms with Crippen LogP contribution < -0.4 is 21.1 Å². The standard InChI is InChI=1S/C35H37F3N2O3/c1-3-5-9-26-19-28(20-32(41)31(26)8-4-2)25-10-6-11-27(18-25)33(42)39-22-23-14-16-24(17-15-23)34(43)40-30-13-7-12-29(21-30)35(36,37)38/h3,5-6,8-11,14-20,29-30,41H,4,7,12-13,21-22H2,1-2H3,(H,39,42)(H,40,43)/b5-3-,26-9-,31-8-. The molecule has 0 radical (unpaired) electrons. The van der Waals surface area contributed by atoms with Gasteiger partial charge in [0.15, 0.2) is 0 Å². The van der Waals surface area contributed by atoms with Crippen molar-refractivity contribution in [2.45, 2.75) is 64.7 Å². The number of carbonyl (C=O) groups excluding carboxylic acids is 2. The van der Waals surface area contributed by atoms with E-state index in [1.165, 1.54) is 0 Å². The lowest BCUT2D eigenvalue weighted by Crippen LogP contribution is -2.41. The van der Waals surface area contributed by atoms with Crippen molar-refractivity contribution in [1.29, 1.82) is 0 Å². The highest BCUT2D eigenvalue weighted by molar-refractivity contribution is 5.96. The fraction of sp³-hybridized carbons (Fsp3) is 0.314. The summed E-state index contributed by atoms with van der Waals surface area (Å²) in [6.45, 7) is 4.16.